The van der Waals surface area contributed by atoms with Crippen molar-refractivity contribution < 1.29 is 19.7 Å². The second-order valence-corrected chi connectivity index (χ2v) is 9.92. The van der Waals surface area contributed by atoms with E-state index in [9.17, 15) is 15.0 Å². The van der Waals surface area contributed by atoms with Gasteiger partial charge < -0.3 is 14.9 Å². The predicted octanol–water partition coefficient (Wildman–Crippen LogP) is 5.74. The molecule has 4 aliphatic carbocycles. The molecule has 4 bridgehead atoms. The largest absolute Gasteiger partial charge is 0.507 e. The molecule has 0 saturated heterocycles. The van der Waals surface area contributed by atoms with E-state index in [0.717, 1.165) is 37.0 Å². The Labute approximate surface area is 183 Å². The van der Waals surface area contributed by atoms with Crippen molar-refractivity contribution in [2.24, 2.45) is 22.7 Å². The number of halogens is 1. The highest BCUT2D eigenvalue weighted by atomic mass is 79.9. The molecule has 6 heteroatoms. The molecular weight excluding hydrogens is 446 g/mol. The van der Waals surface area contributed by atoms with Gasteiger partial charge in [-0.25, -0.2) is 4.79 Å². The van der Waals surface area contributed by atoms with Crippen LogP contribution in [0.5, 0.6) is 11.5 Å². The molecule has 0 unspecified atom stereocenters. The minimum absolute atomic E-state index is 0.0131. The Morgan fingerprint density at radius 3 is 2.13 bits per heavy atom. The molecule has 4 fully saturated rings. The molecule has 30 heavy (non-hydrogen) atoms. The van der Waals surface area contributed by atoms with Crippen molar-refractivity contribution in [2.75, 3.05) is 0 Å². The third kappa shape index (κ3) is 3.62. The van der Waals surface area contributed by atoms with Gasteiger partial charge in [0.1, 0.15) is 17.1 Å². The summed E-state index contributed by atoms with van der Waals surface area (Å²) in [7, 11) is 0. The Morgan fingerprint density at radius 2 is 1.53 bits per heavy atom. The molecule has 4 saturated carbocycles. The molecule has 0 spiro atoms. The summed E-state index contributed by atoms with van der Waals surface area (Å²) in [5, 5.41) is 19.7. The first-order chi connectivity index (χ1) is 14.4. The number of hydrogen-bond acceptors (Lipinski definition) is 5. The highest BCUT2D eigenvalue weighted by Crippen LogP contribution is 2.57. The Morgan fingerprint density at radius 1 is 0.967 bits per heavy atom. The summed E-state index contributed by atoms with van der Waals surface area (Å²) in [5.74, 6) is 1.98. The SMILES string of the molecule is O=C(OC12CC3CC(CC(C3)C1)C2)c1ccc(N=Cc2c(O)ccc(O)c2Br)cc1. The average molecular weight is 470 g/mol. The van der Waals surface area contributed by atoms with Crippen LogP contribution in [0.2, 0.25) is 0 Å². The van der Waals surface area contributed by atoms with E-state index in [1.807, 2.05) is 0 Å². The first kappa shape index (κ1) is 19.6. The van der Waals surface area contributed by atoms with Crippen LogP contribution in [0.15, 0.2) is 45.9 Å². The van der Waals surface area contributed by atoms with Gasteiger partial charge in [-0.1, -0.05) is 0 Å². The number of esters is 1. The van der Waals surface area contributed by atoms with E-state index in [4.69, 9.17) is 4.74 Å². The summed E-state index contributed by atoms with van der Waals surface area (Å²) < 4.78 is 6.48. The number of hydrogen-bond donors (Lipinski definition) is 2. The first-order valence-electron chi connectivity index (χ1n) is 10.5. The molecule has 0 radical (unpaired) electrons. The maximum Gasteiger partial charge on any atom is 0.338 e. The Kier molecular flexibility index (Phi) is 4.85. The van der Waals surface area contributed by atoms with Gasteiger partial charge in [0.2, 0.25) is 0 Å². The minimum atomic E-state index is -0.249. The lowest BCUT2D eigenvalue weighted by Gasteiger charge is -2.55. The van der Waals surface area contributed by atoms with E-state index in [0.29, 0.717) is 21.3 Å². The zero-order valence-corrected chi connectivity index (χ0v) is 18.1. The molecule has 2 aromatic carbocycles. The zero-order chi connectivity index (χ0) is 20.9. The van der Waals surface area contributed by atoms with E-state index in [1.165, 1.54) is 37.6 Å². The van der Waals surface area contributed by atoms with Crippen molar-refractivity contribution in [2.45, 2.75) is 44.1 Å². The number of phenolic OH excluding ortho intramolecular Hbond substituents is 2. The molecule has 4 aliphatic rings. The van der Waals surface area contributed by atoms with E-state index in [1.54, 1.807) is 24.3 Å². The quantitative estimate of drug-likeness (QED) is 0.340. The molecule has 0 aliphatic heterocycles. The van der Waals surface area contributed by atoms with Crippen molar-refractivity contribution >= 4 is 33.8 Å². The Balaban J connectivity index is 1.29. The van der Waals surface area contributed by atoms with Gasteiger partial charge in [0.25, 0.3) is 0 Å². The number of ether oxygens (including phenoxy) is 1. The van der Waals surface area contributed by atoms with Gasteiger partial charge in [-0.2, -0.15) is 0 Å². The lowest BCUT2D eigenvalue weighted by molar-refractivity contribution is -0.131. The van der Waals surface area contributed by atoms with Gasteiger partial charge in [0, 0.05) is 6.21 Å². The highest BCUT2D eigenvalue weighted by Gasteiger charge is 2.53. The van der Waals surface area contributed by atoms with Crippen molar-refractivity contribution in [1.82, 2.24) is 0 Å². The van der Waals surface area contributed by atoms with Crippen molar-refractivity contribution in [3.05, 3.63) is 52.0 Å². The molecule has 0 heterocycles. The van der Waals surface area contributed by atoms with Crippen molar-refractivity contribution in [1.29, 1.82) is 0 Å². The topological polar surface area (TPSA) is 79.1 Å². The second-order valence-electron chi connectivity index (χ2n) is 9.13. The van der Waals surface area contributed by atoms with Crippen LogP contribution in [0, 0.1) is 17.8 Å². The number of phenols is 2. The van der Waals surface area contributed by atoms with E-state index >= 15 is 0 Å². The first-order valence-corrected chi connectivity index (χ1v) is 11.3. The molecule has 2 N–H and O–H groups in total. The van der Waals surface area contributed by atoms with Crippen LogP contribution >= 0.6 is 15.9 Å². The molecule has 0 atom stereocenters. The fourth-order valence-corrected chi connectivity index (χ4v) is 6.37. The number of aromatic hydroxyl groups is 2. The summed E-state index contributed by atoms with van der Waals surface area (Å²) in [5.41, 5.74) is 1.31. The van der Waals surface area contributed by atoms with Crippen LogP contribution in [-0.2, 0) is 4.74 Å². The van der Waals surface area contributed by atoms with Gasteiger partial charge in [0.15, 0.2) is 0 Å². The maximum atomic E-state index is 12.8. The zero-order valence-electron chi connectivity index (χ0n) is 16.6. The summed E-state index contributed by atoms with van der Waals surface area (Å²) in [6.07, 6.45) is 8.49. The summed E-state index contributed by atoms with van der Waals surface area (Å²) >= 11 is 3.25. The lowest BCUT2D eigenvalue weighted by atomic mass is 9.54. The highest BCUT2D eigenvalue weighted by molar-refractivity contribution is 9.10. The molecule has 5 nitrogen and oxygen atoms in total. The van der Waals surface area contributed by atoms with Crippen molar-refractivity contribution in [3.8, 4) is 11.5 Å². The van der Waals surface area contributed by atoms with Crippen LogP contribution in [0.4, 0.5) is 5.69 Å². The average Bonchev–Trinajstić information content (AvgIpc) is 2.70. The lowest BCUT2D eigenvalue weighted by Crippen LogP contribution is -2.52. The van der Waals surface area contributed by atoms with E-state index in [-0.39, 0.29) is 23.1 Å². The molecule has 6 rings (SSSR count). The fraction of sp³-hybridized carbons (Fsp3) is 0.417. The maximum absolute atomic E-state index is 12.8. The monoisotopic (exact) mass is 469 g/mol. The molecule has 0 amide bonds. The summed E-state index contributed by atoms with van der Waals surface area (Å²) in [6.45, 7) is 0. The fourth-order valence-electron chi connectivity index (χ4n) is 5.93. The standard InChI is InChI=1S/C24H24BrNO4/c25-22-19(20(27)5-6-21(22)28)13-26-18-3-1-17(2-4-18)23(29)30-24-10-14-7-15(11-24)9-16(8-14)12-24/h1-6,13-16,27-28H,7-12H2. The smallest absolute Gasteiger partial charge is 0.338 e. The van der Waals surface area contributed by atoms with E-state index in [2.05, 4.69) is 20.9 Å². The van der Waals surface area contributed by atoms with Gasteiger partial charge in [-0.05, 0) is 109 Å². The number of rotatable bonds is 4. The van der Waals surface area contributed by atoms with Crippen LogP contribution < -0.4 is 0 Å². The van der Waals surface area contributed by atoms with Crippen LogP contribution in [0.3, 0.4) is 0 Å². The molecule has 2 aromatic rings. The molecular formula is C24H24BrNO4. The van der Waals surface area contributed by atoms with Gasteiger partial charge in [-0.15, -0.1) is 0 Å². The summed E-state index contributed by atoms with van der Waals surface area (Å²) in [4.78, 5) is 17.2. The normalized spacial score (nSPS) is 29.4. The summed E-state index contributed by atoms with van der Waals surface area (Å²) in [6, 6.07) is 9.77. The third-order valence-electron chi connectivity index (χ3n) is 6.87. The van der Waals surface area contributed by atoms with E-state index < -0.39 is 0 Å². The van der Waals surface area contributed by atoms with Crippen molar-refractivity contribution in [3.63, 3.8) is 0 Å². The number of benzene rings is 2. The Hall–Kier alpha value is -2.34. The molecule has 156 valence electrons. The minimum Gasteiger partial charge on any atom is -0.507 e. The van der Waals surface area contributed by atoms with Crippen LogP contribution in [-0.4, -0.2) is 28.0 Å². The molecule has 0 aromatic heterocycles. The van der Waals surface area contributed by atoms with Crippen LogP contribution in [0.25, 0.3) is 0 Å². The van der Waals surface area contributed by atoms with Gasteiger partial charge in [-0.3, -0.25) is 4.99 Å². The second kappa shape index (κ2) is 7.41. The van der Waals surface area contributed by atoms with Gasteiger partial charge in [0.05, 0.1) is 21.3 Å². The number of carbonyl (C=O) groups is 1. The number of aliphatic imine (C=N–C) groups is 1. The Bertz CT molecular complexity index is 979. The number of nitrogens with zero attached hydrogens (tertiary/aromatic N) is 1. The predicted molar refractivity (Wildman–Crippen MR) is 117 cm³/mol. The van der Waals surface area contributed by atoms with Crippen LogP contribution in [0.1, 0.15) is 54.4 Å². The number of carbonyl (C=O) groups excluding carboxylic acids is 1. The van der Waals surface area contributed by atoms with Gasteiger partial charge >= 0.3 is 5.97 Å². The third-order valence-corrected chi connectivity index (χ3v) is 7.71.